The maximum absolute atomic E-state index is 11.5. The van der Waals surface area contributed by atoms with Gasteiger partial charge >= 0.3 is 5.97 Å². The number of anilines is 1. The fraction of sp³-hybridized carbons (Fsp3) is 0.182. The van der Waals surface area contributed by atoms with Gasteiger partial charge in [-0.05, 0) is 18.4 Å². The molecule has 2 rings (SSSR count). The molecule has 2 N–H and O–H groups in total. The van der Waals surface area contributed by atoms with E-state index in [1.54, 1.807) is 23.6 Å². The zero-order valence-electron chi connectivity index (χ0n) is 9.60. The lowest BCUT2D eigenvalue weighted by molar-refractivity contribution is -0.119. The van der Waals surface area contributed by atoms with E-state index in [0.29, 0.717) is 10.7 Å². The van der Waals surface area contributed by atoms with E-state index in [4.69, 9.17) is 4.74 Å². The van der Waals surface area contributed by atoms with E-state index < -0.39 is 11.9 Å². The van der Waals surface area contributed by atoms with E-state index in [1.807, 2.05) is 6.92 Å². The number of aromatic amines is 1. The molecule has 7 heteroatoms. The summed E-state index contributed by atoms with van der Waals surface area (Å²) in [5, 5.41) is 10.8. The van der Waals surface area contributed by atoms with E-state index in [9.17, 15) is 9.59 Å². The number of esters is 1. The maximum atomic E-state index is 11.5. The second-order valence-corrected chi connectivity index (χ2v) is 4.49. The van der Waals surface area contributed by atoms with E-state index in [-0.39, 0.29) is 6.61 Å². The molecule has 0 bridgehead atoms. The number of carbonyl (C=O) groups is 2. The van der Waals surface area contributed by atoms with Crippen LogP contribution in [0.5, 0.6) is 0 Å². The Bertz CT molecular complexity index is 548. The molecule has 2 heterocycles. The summed E-state index contributed by atoms with van der Waals surface area (Å²) < 4.78 is 4.85. The lowest BCUT2D eigenvalue weighted by Gasteiger charge is -2.02. The van der Waals surface area contributed by atoms with Crippen LogP contribution in [-0.2, 0) is 9.53 Å². The van der Waals surface area contributed by atoms with Crippen molar-refractivity contribution in [3.63, 3.8) is 0 Å². The van der Waals surface area contributed by atoms with E-state index >= 15 is 0 Å². The van der Waals surface area contributed by atoms with Gasteiger partial charge in [0, 0.05) is 11.8 Å². The van der Waals surface area contributed by atoms with Crippen molar-refractivity contribution in [1.82, 2.24) is 10.2 Å². The number of ether oxygens (including phenoxy) is 1. The van der Waals surface area contributed by atoms with Gasteiger partial charge in [0.05, 0.1) is 0 Å². The average molecular weight is 265 g/mol. The Morgan fingerprint density at radius 1 is 1.56 bits per heavy atom. The Morgan fingerprint density at radius 3 is 3.00 bits per heavy atom. The first-order chi connectivity index (χ1) is 8.65. The SMILES string of the molecule is Cc1cc(NC(=O)COC(=O)c2cccs2)n[nH]1. The molecule has 0 aliphatic rings. The quantitative estimate of drug-likeness (QED) is 0.822. The second kappa shape index (κ2) is 5.46. The lowest BCUT2D eigenvalue weighted by atomic mass is 10.4. The fourth-order valence-electron chi connectivity index (χ4n) is 1.26. The number of rotatable bonds is 4. The first-order valence-corrected chi connectivity index (χ1v) is 6.05. The van der Waals surface area contributed by atoms with Gasteiger partial charge in [0.25, 0.3) is 5.91 Å². The maximum Gasteiger partial charge on any atom is 0.348 e. The molecule has 1 amide bonds. The highest BCUT2D eigenvalue weighted by molar-refractivity contribution is 7.11. The largest absolute Gasteiger partial charge is 0.451 e. The number of thiophene rings is 1. The summed E-state index contributed by atoms with van der Waals surface area (Å²) in [6.07, 6.45) is 0. The minimum atomic E-state index is -0.502. The topological polar surface area (TPSA) is 84.1 Å². The molecule has 0 fully saturated rings. The Morgan fingerprint density at radius 2 is 2.39 bits per heavy atom. The van der Waals surface area contributed by atoms with Gasteiger partial charge in [0.15, 0.2) is 12.4 Å². The van der Waals surface area contributed by atoms with Gasteiger partial charge in [-0.1, -0.05) is 6.07 Å². The Hall–Kier alpha value is -2.15. The van der Waals surface area contributed by atoms with Crippen molar-refractivity contribution in [2.45, 2.75) is 6.92 Å². The molecule has 0 atom stereocenters. The summed E-state index contributed by atoms with van der Waals surface area (Å²) in [6.45, 7) is 1.49. The Kier molecular flexibility index (Phi) is 3.73. The molecule has 0 radical (unpaired) electrons. The van der Waals surface area contributed by atoms with Crippen molar-refractivity contribution < 1.29 is 14.3 Å². The van der Waals surface area contributed by atoms with Crippen LogP contribution in [0.2, 0.25) is 0 Å². The second-order valence-electron chi connectivity index (χ2n) is 3.54. The van der Waals surface area contributed by atoms with Gasteiger partial charge in [-0.15, -0.1) is 11.3 Å². The van der Waals surface area contributed by atoms with Crippen LogP contribution in [-0.4, -0.2) is 28.7 Å². The summed E-state index contributed by atoms with van der Waals surface area (Å²) in [4.78, 5) is 23.4. The van der Waals surface area contributed by atoms with Crippen molar-refractivity contribution in [3.8, 4) is 0 Å². The van der Waals surface area contributed by atoms with Gasteiger partial charge in [-0.2, -0.15) is 5.10 Å². The molecule has 2 aromatic rings. The van der Waals surface area contributed by atoms with Crippen molar-refractivity contribution in [2.75, 3.05) is 11.9 Å². The molecule has 18 heavy (non-hydrogen) atoms. The predicted molar refractivity (Wildman–Crippen MR) is 66.6 cm³/mol. The summed E-state index contributed by atoms with van der Waals surface area (Å²) in [7, 11) is 0. The number of nitrogens with one attached hydrogen (secondary N) is 2. The lowest BCUT2D eigenvalue weighted by Crippen LogP contribution is -2.20. The van der Waals surface area contributed by atoms with Crippen molar-refractivity contribution in [1.29, 1.82) is 0 Å². The standard InChI is InChI=1S/C11H11N3O3S/c1-7-5-9(14-13-7)12-10(15)6-17-11(16)8-3-2-4-18-8/h2-5H,6H2,1H3,(H2,12,13,14,15). The molecule has 0 unspecified atom stereocenters. The van der Waals surface area contributed by atoms with Crippen LogP contribution in [0.4, 0.5) is 5.82 Å². The Labute approximate surface area is 107 Å². The zero-order valence-corrected chi connectivity index (χ0v) is 10.4. The molecular formula is C11H11N3O3S. The number of hydrogen-bond acceptors (Lipinski definition) is 5. The fourth-order valence-corrected chi connectivity index (χ4v) is 1.87. The van der Waals surface area contributed by atoms with E-state index in [1.165, 1.54) is 11.3 Å². The molecule has 0 aliphatic carbocycles. The van der Waals surface area contributed by atoms with Crippen LogP contribution in [0.1, 0.15) is 15.4 Å². The van der Waals surface area contributed by atoms with Crippen LogP contribution in [0.25, 0.3) is 0 Å². The highest BCUT2D eigenvalue weighted by Crippen LogP contribution is 2.10. The third-order valence-corrected chi connectivity index (χ3v) is 2.88. The van der Waals surface area contributed by atoms with Crippen LogP contribution in [0.15, 0.2) is 23.6 Å². The number of aromatic nitrogens is 2. The third kappa shape index (κ3) is 3.17. The average Bonchev–Trinajstić information content (AvgIpc) is 2.97. The number of amides is 1. The molecule has 0 saturated carbocycles. The molecule has 0 aliphatic heterocycles. The van der Waals surface area contributed by atoms with E-state index in [2.05, 4.69) is 15.5 Å². The van der Waals surface area contributed by atoms with Crippen molar-refractivity contribution in [2.24, 2.45) is 0 Å². The minimum absolute atomic E-state index is 0.331. The van der Waals surface area contributed by atoms with Crippen LogP contribution in [0, 0.1) is 6.92 Å². The molecule has 0 spiro atoms. The van der Waals surface area contributed by atoms with Crippen molar-refractivity contribution >= 4 is 29.0 Å². The summed E-state index contributed by atoms with van der Waals surface area (Å²) in [5.74, 6) is -0.519. The number of aryl methyl sites for hydroxylation is 1. The number of nitrogens with zero attached hydrogens (tertiary/aromatic N) is 1. The summed E-state index contributed by atoms with van der Waals surface area (Å²) in [6, 6.07) is 5.06. The molecule has 0 aromatic carbocycles. The first-order valence-electron chi connectivity index (χ1n) is 5.17. The molecule has 6 nitrogen and oxygen atoms in total. The number of hydrogen-bond donors (Lipinski definition) is 2. The third-order valence-electron chi connectivity index (χ3n) is 2.03. The molecule has 2 aromatic heterocycles. The van der Waals surface area contributed by atoms with Crippen LogP contribution in [0.3, 0.4) is 0 Å². The zero-order chi connectivity index (χ0) is 13.0. The molecular weight excluding hydrogens is 254 g/mol. The van der Waals surface area contributed by atoms with Gasteiger partial charge < -0.3 is 10.1 Å². The van der Waals surface area contributed by atoms with Crippen LogP contribution >= 0.6 is 11.3 Å². The summed E-state index contributed by atoms with van der Waals surface area (Å²) >= 11 is 1.27. The highest BCUT2D eigenvalue weighted by Gasteiger charge is 2.11. The molecule has 0 saturated heterocycles. The normalized spacial score (nSPS) is 10.1. The van der Waals surface area contributed by atoms with Gasteiger partial charge in [-0.3, -0.25) is 9.89 Å². The smallest absolute Gasteiger partial charge is 0.348 e. The van der Waals surface area contributed by atoms with Gasteiger partial charge in [0.1, 0.15) is 4.88 Å². The predicted octanol–water partition coefficient (Wildman–Crippen LogP) is 1.58. The van der Waals surface area contributed by atoms with Crippen molar-refractivity contribution in [3.05, 3.63) is 34.2 Å². The highest BCUT2D eigenvalue weighted by atomic mass is 32.1. The minimum Gasteiger partial charge on any atom is -0.451 e. The number of carbonyl (C=O) groups excluding carboxylic acids is 2. The van der Waals surface area contributed by atoms with Crippen LogP contribution < -0.4 is 5.32 Å². The first kappa shape index (κ1) is 12.3. The van der Waals surface area contributed by atoms with Gasteiger partial charge in [0.2, 0.25) is 0 Å². The number of H-pyrrole nitrogens is 1. The molecule has 94 valence electrons. The Balaban J connectivity index is 1.80. The monoisotopic (exact) mass is 265 g/mol. The van der Waals surface area contributed by atoms with E-state index in [0.717, 1.165) is 5.69 Å². The van der Waals surface area contributed by atoms with Gasteiger partial charge in [-0.25, -0.2) is 4.79 Å². The summed E-state index contributed by atoms with van der Waals surface area (Å²) in [5.41, 5.74) is 0.834.